The summed E-state index contributed by atoms with van der Waals surface area (Å²) in [6, 6.07) is 4.39. The van der Waals surface area contributed by atoms with E-state index in [0.29, 0.717) is 30.5 Å². The molecule has 1 aromatic heterocycles. The largest absolute Gasteiger partial charge is 0.478 e. The van der Waals surface area contributed by atoms with Crippen molar-refractivity contribution in [3.05, 3.63) is 29.6 Å². The van der Waals surface area contributed by atoms with Crippen LogP contribution in [-0.4, -0.2) is 33.2 Å². The van der Waals surface area contributed by atoms with E-state index in [1.54, 1.807) is 18.2 Å². The summed E-state index contributed by atoms with van der Waals surface area (Å²) in [6.45, 7) is 2.69. The standard InChI is InChI=1S/C13H16N4O3/c1-2-10-16-9-5-3-4-8(12(18)19)11(9)17(10)7-6-15-13(14)20/h3-5H,2,6-7H2,1H3,(H,18,19)(H3,14,15,20). The zero-order valence-electron chi connectivity index (χ0n) is 11.1. The Morgan fingerprint density at radius 3 is 2.80 bits per heavy atom. The molecule has 2 aromatic rings. The summed E-state index contributed by atoms with van der Waals surface area (Å²) < 4.78 is 1.81. The molecular weight excluding hydrogens is 260 g/mol. The van der Waals surface area contributed by atoms with Crippen LogP contribution in [0.25, 0.3) is 11.0 Å². The van der Waals surface area contributed by atoms with Crippen LogP contribution < -0.4 is 11.1 Å². The molecule has 20 heavy (non-hydrogen) atoms. The van der Waals surface area contributed by atoms with Crippen LogP contribution in [0.2, 0.25) is 0 Å². The van der Waals surface area contributed by atoms with E-state index in [-0.39, 0.29) is 5.56 Å². The highest BCUT2D eigenvalue weighted by molar-refractivity contribution is 6.01. The van der Waals surface area contributed by atoms with Gasteiger partial charge in [0, 0.05) is 19.5 Å². The van der Waals surface area contributed by atoms with Gasteiger partial charge in [-0.2, -0.15) is 0 Å². The summed E-state index contributed by atoms with van der Waals surface area (Å²) >= 11 is 0. The highest BCUT2D eigenvalue weighted by atomic mass is 16.4. The number of nitrogens with two attached hydrogens (primary N) is 1. The van der Waals surface area contributed by atoms with Gasteiger partial charge in [0.05, 0.1) is 16.6 Å². The molecule has 0 saturated carbocycles. The van der Waals surface area contributed by atoms with E-state index in [9.17, 15) is 14.7 Å². The maximum Gasteiger partial charge on any atom is 0.337 e. The molecule has 0 aliphatic rings. The third-order valence-corrected chi connectivity index (χ3v) is 3.03. The third-order valence-electron chi connectivity index (χ3n) is 3.03. The summed E-state index contributed by atoms with van der Waals surface area (Å²) in [5, 5.41) is 11.8. The number of carboxylic acids is 1. The normalized spacial score (nSPS) is 10.7. The molecule has 2 rings (SSSR count). The first-order chi connectivity index (χ1) is 9.54. The molecule has 7 heteroatoms. The van der Waals surface area contributed by atoms with Crippen molar-refractivity contribution in [1.82, 2.24) is 14.9 Å². The minimum absolute atomic E-state index is 0.203. The van der Waals surface area contributed by atoms with Gasteiger partial charge in [0.25, 0.3) is 0 Å². The van der Waals surface area contributed by atoms with E-state index in [1.165, 1.54) is 0 Å². The number of nitrogens with zero attached hydrogens (tertiary/aromatic N) is 2. The molecule has 106 valence electrons. The lowest BCUT2D eigenvalue weighted by atomic mass is 10.2. The molecule has 7 nitrogen and oxygen atoms in total. The Labute approximate surface area is 115 Å². The molecule has 1 heterocycles. The van der Waals surface area contributed by atoms with Crippen molar-refractivity contribution in [2.75, 3.05) is 6.54 Å². The summed E-state index contributed by atoms with van der Waals surface area (Å²) in [5.41, 5.74) is 6.44. The Balaban J connectivity index is 2.48. The number of primary amides is 1. The number of carbonyl (C=O) groups is 2. The number of fused-ring (bicyclic) bond motifs is 1. The maximum absolute atomic E-state index is 11.3. The molecule has 2 amide bonds. The lowest BCUT2D eigenvalue weighted by Crippen LogP contribution is -2.32. The van der Waals surface area contributed by atoms with Crippen LogP contribution >= 0.6 is 0 Å². The van der Waals surface area contributed by atoms with Crippen molar-refractivity contribution in [1.29, 1.82) is 0 Å². The average Bonchev–Trinajstić information content (AvgIpc) is 2.76. The lowest BCUT2D eigenvalue weighted by molar-refractivity contribution is 0.0698. The second kappa shape index (κ2) is 5.60. The number of hydrogen-bond donors (Lipinski definition) is 3. The van der Waals surface area contributed by atoms with Gasteiger partial charge < -0.3 is 20.7 Å². The molecular formula is C13H16N4O3. The minimum Gasteiger partial charge on any atom is -0.478 e. The number of urea groups is 1. The van der Waals surface area contributed by atoms with Crippen LogP contribution in [0.15, 0.2) is 18.2 Å². The van der Waals surface area contributed by atoms with Gasteiger partial charge in [-0.25, -0.2) is 14.6 Å². The second-order valence-electron chi connectivity index (χ2n) is 4.30. The van der Waals surface area contributed by atoms with Gasteiger partial charge in [0.2, 0.25) is 0 Å². The fraction of sp³-hybridized carbons (Fsp3) is 0.308. The number of nitrogens with one attached hydrogen (secondary N) is 1. The summed E-state index contributed by atoms with van der Waals surface area (Å²) in [6.07, 6.45) is 0.671. The highest BCUT2D eigenvalue weighted by Gasteiger charge is 2.16. The Morgan fingerprint density at radius 1 is 1.45 bits per heavy atom. The lowest BCUT2D eigenvalue weighted by Gasteiger charge is -2.09. The molecule has 0 spiro atoms. The van der Waals surface area contributed by atoms with Crippen LogP contribution in [0.4, 0.5) is 4.79 Å². The molecule has 1 aromatic carbocycles. The SMILES string of the molecule is CCc1nc2cccc(C(=O)O)c2n1CCNC(N)=O. The predicted octanol–water partition coefficient (Wildman–Crippen LogP) is 0.965. The van der Waals surface area contributed by atoms with Gasteiger partial charge in [-0.15, -0.1) is 0 Å². The monoisotopic (exact) mass is 276 g/mol. The number of aromatic carboxylic acids is 1. The van der Waals surface area contributed by atoms with E-state index in [4.69, 9.17) is 5.73 Å². The summed E-state index contributed by atoms with van der Waals surface area (Å²) in [5.74, 6) is -0.220. The van der Waals surface area contributed by atoms with Crippen molar-refractivity contribution in [2.24, 2.45) is 5.73 Å². The van der Waals surface area contributed by atoms with E-state index in [2.05, 4.69) is 10.3 Å². The third kappa shape index (κ3) is 2.56. The van der Waals surface area contributed by atoms with E-state index in [1.807, 2.05) is 11.5 Å². The molecule has 0 radical (unpaired) electrons. The average molecular weight is 276 g/mol. The zero-order chi connectivity index (χ0) is 14.7. The predicted molar refractivity (Wildman–Crippen MR) is 73.7 cm³/mol. The smallest absolute Gasteiger partial charge is 0.337 e. The number of aromatic nitrogens is 2. The van der Waals surface area contributed by atoms with E-state index >= 15 is 0 Å². The second-order valence-corrected chi connectivity index (χ2v) is 4.30. The Kier molecular flexibility index (Phi) is 3.88. The van der Waals surface area contributed by atoms with Crippen molar-refractivity contribution in [3.63, 3.8) is 0 Å². The first-order valence-electron chi connectivity index (χ1n) is 6.29. The number of benzene rings is 1. The van der Waals surface area contributed by atoms with Gasteiger partial charge in [0.15, 0.2) is 0 Å². The fourth-order valence-electron chi connectivity index (χ4n) is 2.21. The number of carbonyl (C=O) groups excluding carboxylic acids is 1. The van der Waals surface area contributed by atoms with Crippen LogP contribution in [0.1, 0.15) is 23.1 Å². The van der Waals surface area contributed by atoms with Crippen LogP contribution in [0, 0.1) is 0 Å². The van der Waals surface area contributed by atoms with Gasteiger partial charge in [-0.3, -0.25) is 0 Å². The fourth-order valence-corrected chi connectivity index (χ4v) is 2.21. The topological polar surface area (TPSA) is 110 Å². The molecule has 0 unspecified atom stereocenters. The molecule has 0 saturated heterocycles. The van der Waals surface area contributed by atoms with Gasteiger partial charge in [-0.1, -0.05) is 13.0 Å². The van der Waals surface area contributed by atoms with Crippen molar-refractivity contribution >= 4 is 23.0 Å². The van der Waals surface area contributed by atoms with Crippen LogP contribution in [0.5, 0.6) is 0 Å². The summed E-state index contributed by atoms with van der Waals surface area (Å²) in [7, 11) is 0. The number of para-hydroxylation sites is 1. The highest BCUT2D eigenvalue weighted by Crippen LogP contribution is 2.21. The van der Waals surface area contributed by atoms with Gasteiger partial charge in [-0.05, 0) is 12.1 Å². The molecule has 4 N–H and O–H groups in total. The summed E-state index contributed by atoms with van der Waals surface area (Å²) in [4.78, 5) is 26.5. The Hall–Kier alpha value is -2.57. The zero-order valence-corrected chi connectivity index (χ0v) is 11.1. The minimum atomic E-state index is -0.998. The quantitative estimate of drug-likeness (QED) is 0.755. The maximum atomic E-state index is 11.3. The first kappa shape index (κ1) is 13.9. The van der Waals surface area contributed by atoms with E-state index in [0.717, 1.165) is 5.82 Å². The van der Waals surface area contributed by atoms with Crippen molar-refractivity contribution in [2.45, 2.75) is 19.9 Å². The number of hydrogen-bond acceptors (Lipinski definition) is 3. The molecule has 0 bridgehead atoms. The number of carboxylic acid groups (broad SMARTS) is 1. The van der Waals surface area contributed by atoms with Gasteiger partial charge >= 0.3 is 12.0 Å². The van der Waals surface area contributed by atoms with Crippen LogP contribution in [0.3, 0.4) is 0 Å². The number of amides is 2. The van der Waals surface area contributed by atoms with Crippen molar-refractivity contribution < 1.29 is 14.7 Å². The Bertz CT molecular complexity index is 663. The number of imidazole rings is 1. The van der Waals surface area contributed by atoms with E-state index < -0.39 is 12.0 Å². The molecule has 0 aliphatic heterocycles. The number of rotatable bonds is 5. The van der Waals surface area contributed by atoms with Crippen LogP contribution in [-0.2, 0) is 13.0 Å². The molecule has 0 aliphatic carbocycles. The number of aryl methyl sites for hydroxylation is 1. The molecule has 0 fully saturated rings. The first-order valence-corrected chi connectivity index (χ1v) is 6.29. The van der Waals surface area contributed by atoms with Gasteiger partial charge in [0.1, 0.15) is 5.82 Å². The van der Waals surface area contributed by atoms with Crippen molar-refractivity contribution in [3.8, 4) is 0 Å². The molecule has 0 atom stereocenters. The Morgan fingerprint density at radius 2 is 2.20 bits per heavy atom.